The number of nitrogens with one attached hydrogen (secondary N) is 1. The molecule has 1 unspecified atom stereocenters. The van der Waals surface area contributed by atoms with E-state index in [0.29, 0.717) is 0 Å². The Morgan fingerprint density at radius 2 is 2.12 bits per heavy atom. The molecule has 0 saturated carbocycles. The molecule has 0 spiro atoms. The van der Waals surface area contributed by atoms with E-state index in [0.717, 1.165) is 18.1 Å². The molecule has 0 aromatic carbocycles. The number of hydrogen-bond donors (Lipinski definition) is 1. The number of thioether (sulfide) groups is 1. The highest BCUT2D eigenvalue weighted by Gasteiger charge is 2.28. The zero-order valence-electron chi connectivity index (χ0n) is 12.1. The van der Waals surface area contributed by atoms with Crippen LogP contribution in [-0.4, -0.2) is 47.5 Å². The van der Waals surface area contributed by atoms with E-state index in [4.69, 9.17) is 4.99 Å². The van der Waals surface area contributed by atoms with E-state index in [2.05, 4.69) is 52.0 Å². The Hall–Kier alpha value is -0.220. The molecule has 0 amide bonds. The van der Waals surface area contributed by atoms with Gasteiger partial charge in [-0.1, -0.05) is 18.7 Å². The van der Waals surface area contributed by atoms with E-state index in [1.807, 2.05) is 11.8 Å². The number of aliphatic imine (C=N–C) groups is 1. The largest absolute Gasteiger partial charge is 0.360 e. The molecule has 0 aromatic heterocycles. The molecule has 0 bridgehead atoms. The van der Waals surface area contributed by atoms with Crippen LogP contribution in [0, 0.1) is 0 Å². The van der Waals surface area contributed by atoms with Crippen molar-refractivity contribution in [2.45, 2.75) is 51.6 Å². The maximum Gasteiger partial charge on any atom is 0.157 e. The van der Waals surface area contributed by atoms with E-state index in [-0.39, 0.29) is 11.1 Å². The van der Waals surface area contributed by atoms with E-state index in [1.54, 1.807) is 0 Å². The Balaban J connectivity index is 2.61. The van der Waals surface area contributed by atoms with Gasteiger partial charge in [-0.3, -0.25) is 4.99 Å². The third kappa shape index (κ3) is 4.18. The molecule has 1 aliphatic rings. The highest BCUT2D eigenvalue weighted by Crippen LogP contribution is 2.25. The maximum absolute atomic E-state index is 4.75. The first-order chi connectivity index (χ1) is 7.79. The van der Waals surface area contributed by atoms with Gasteiger partial charge in [0.2, 0.25) is 0 Å². The monoisotopic (exact) mass is 257 g/mol. The molecule has 0 aliphatic carbocycles. The number of likely N-dealkylation sites (N-methyl/N-ethyl adjacent to an activating group) is 1. The van der Waals surface area contributed by atoms with Crippen LogP contribution in [0.3, 0.4) is 0 Å². The van der Waals surface area contributed by atoms with Crippen molar-refractivity contribution in [2.75, 3.05) is 26.4 Å². The first kappa shape index (κ1) is 14.8. The minimum Gasteiger partial charge on any atom is -0.360 e. The van der Waals surface area contributed by atoms with E-state index >= 15 is 0 Å². The van der Waals surface area contributed by atoms with Crippen LogP contribution in [0.5, 0.6) is 0 Å². The first-order valence-corrected chi connectivity index (χ1v) is 7.40. The SMILES string of the molecule is CCC1(C)CCSC(=NCC(C)(C)N(C)C)N1. The third-order valence-electron chi connectivity index (χ3n) is 3.90. The summed E-state index contributed by atoms with van der Waals surface area (Å²) in [5, 5.41) is 4.71. The quantitative estimate of drug-likeness (QED) is 0.839. The van der Waals surface area contributed by atoms with Crippen molar-refractivity contribution in [1.82, 2.24) is 10.2 Å². The lowest BCUT2D eigenvalue weighted by molar-refractivity contribution is 0.205. The second kappa shape index (κ2) is 5.61. The first-order valence-electron chi connectivity index (χ1n) is 6.42. The van der Waals surface area contributed by atoms with Gasteiger partial charge in [-0.25, -0.2) is 0 Å². The zero-order chi connectivity index (χ0) is 13.1. The molecule has 4 heteroatoms. The van der Waals surface area contributed by atoms with Crippen LogP contribution in [0.25, 0.3) is 0 Å². The minimum atomic E-state index is 0.120. The summed E-state index contributed by atoms with van der Waals surface area (Å²) >= 11 is 1.85. The maximum atomic E-state index is 4.75. The van der Waals surface area contributed by atoms with Crippen molar-refractivity contribution in [3.63, 3.8) is 0 Å². The molecule has 1 N–H and O–H groups in total. The molecule has 17 heavy (non-hydrogen) atoms. The molecule has 3 nitrogen and oxygen atoms in total. The van der Waals surface area contributed by atoms with Gasteiger partial charge in [0.25, 0.3) is 0 Å². The number of hydrogen-bond acceptors (Lipinski definition) is 3. The Morgan fingerprint density at radius 3 is 2.65 bits per heavy atom. The topological polar surface area (TPSA) is 27.6 Å². The lowest BCUT2D eigenvalue weighted by Gasteiger charge is -2.36. The standard InChI is InChI=1S/C13H27N3S/c1-7-13(4)8-9-17-11(15-13)14-10-12(2,3)16(5)6/h7-10H2,1-6H3,(H,14,15). The second-order valence-corrected chi connectivity index (χ2v) is 7.05. The van der Waals surface area contributed by atoms with E-state index < -0.39 is 0 Å². The summed E-state index contributed by atoms with van der Waals surface area (Å²) in [4.78, 5) is 6.97. The lowest BCUT2D eigenvalue weighted by atomic mass is 9.96. The fourth-order valence-electron chi connectivity index (χ4n) is 1.49. The van der Waals surface area contributed by atoms with E-state index in [1.165, 1.54) is 12.2 Å². The molecule has 1 heterocycles. The summed E-state index contributed by atoms with van der Waals surface area (Å²) in [6.07, 6.45) is 2.38. The average Bonchev–Trinajstić information content (AvgIpc) is 2.27. The molecule has 0 aromatic rings. The van der Waals surface area contributed by atoms with Gasteiger partial charge in [0.15, 0.2) is 5.17 Å². The number of rotatable bonds is 4. The number of amidine groups is 1. The highest BCUT2D eigenvalue weighted by atomic mass is 32.2. The van der Waals surface area contributed by atoms with Crippen LogP contribution in [0.1, 0.15) is 40.5 Å². The van der Waals surface area contributed by atoms with Gasteiger partial charge in [-0.15, -0.1) is 0 Å². The van der Waals surface area contributed by atoms with Gasteiger partial charge < -0.3 is 10.2 Å². The molecule has 1 atom stereocenters. The molecular weight excluding hydrogens is 230 g/mol. The van der Waals surface area contributed by atoms with Crippen molar-refractivity contribution in [3.05, 3.63) is 0 Å². The fraction of sp³-hybridized carbons (Fsp3) is 0.923. The van der Waals surface area contributed by atoms with Gasteiger partial charge in [-0.2, -0.15) is 0 Å². The van der Waals surface area contributed by atoms with Crippen molar-refractivity contribution < 1.29 is 0 Å². The van der Waals surface area contributed by atoms with Gasteiger partial charge in [0.05, 0.1) is 6.54 Å². The summed E-state index contributed by atoms with van der Waals surface area (Å²) in [7, 11) is 4.22. The molecule has 1 fully saturated rings. The lowest BCUT2D eigenvalue weighted by Crippen LogP contribution is -2.49. The van der Waals surface area contributed by atoms with Gasteiger partial charge in [0, 0.05) is 16.8 Å². The molecule has 100 valence electrons. The van der Waals surface area contributed by atoms with Crippen molar-refractivity contribution in [1.29, 1.82) is 0 Å². The van der Waals surface area contributed by atoms with Gasteiger partial charge >= 0.3 is 0 Å². The minimum absolute atomic E-state index is 0.120. The van der Waals surface area contributed by atoms with E-state index in [9.17, 15) is 0 Å². The smallest absolute Gasteiger partial charge is 0.157 e. The summed E-state index contributed by atoms with van der Waals surface area (Å²) in [6.45, 7) is 9.83. The fourth-order valence-corrected chi connectivity index (χ4v) is 2.71. The summed E-state index contributed by atoms with van der Waals surface area (Å²) < 4.78 is 0. The molecule has 1 rings (SSSR count). The predicted molar refractivity (Wildman–Crippen MR) is 79.0 cm³/mol. The van der Waals surface area contributed by atoms with Crippen LogP contribution < -0.4 is 5.32 Å². The van der Waals surface area contributed by atoms with Crippen molar-refractivity contribution in [3.8, 4) is 0 Å². The summed E-state index contributed by atoms with van der Waals surface area (Å²) in [5.41, 5.74) is 0.363. The van der Waals surface area contributed by atoms with Crippen LogP contribution in [0.4, 0.5) is 0 Å². The predicted octanol–water partition coefficient (Wildman–Crippen LogP) is 2.58. The Labute approximate surface area is 110 Å². The van der Waals surface area contributed by atoms with Crippen molar-refractivity contribution >= 4 is 16.9 Å². The molecular formula is C13H27N3S. The van der Waals surface area contributed by atoms with Gasteiger partial charge in [-0.05, 0) is 47.7 Å². The van der Waals surface area contributed by atoms with Crippen LogP contribution in [0.15, 0.2) is 4.99 Å². The molecule has 0 radical (unpaired) electrons. The molecule has 1 saturated heterocycles. The Bertz CT molecular complexity index is 286. The summed E-state index contributed by atoms with van der Waals surface area (Å²) in [5.74, 6) is 1.18. The molecule has 1 aliphatic heterocycles. The average molecular weight is 257 g/mol. The number of nitrogens with zero attached hydrogens (tertiary/aromatic N) is 2. The normalized spacial score (nSPS) is 28.5. The van der Waals surface area contributed by atoms with Gasteiger partial charge in [0.1, 0.15) is 0 Å². The van der Waals surface area contributed by atoms with Crippen molar-refractivity contribution in [2.24, 2.45) is 4.99 Å². The zero-order valence-corrected chi connectivity index (χ0v) is 12.9. The Kier molecular flexibility index (Phi) is 4.90. The van der Waals surface area contributed by atoms with Crippen LogP contribution >= 0.6 is 11.8 Å². The van der Waals surface area contributed by atoms with Crippen LogP contribution in [-0.2, 0) is 0 Å². The Morgan fingerprint density at radius 1 is 1.47 bits per heavy atom. The second-order valence-electron chi connectivity index (χ2n) is 5.97. The summed E-state index contributed by atoms with van der Waals surface area (Å²) in [6, 6.07) is 0. The highest BCUT2D eigenvalue weighted by molar-refractivity contribution is 8.13. The third-order valence-corrected chi connectivity index (χ3v) is 4.81. The van der Waals surface area contributed by atoms with Crippen LogP contribution in [0.2, 0.25) is 0 Å².